The fraction of sp³-hybridized carbons (Fsp3) is 0.0769. The number of hydrogen-bond acceptors (Lipinski definition) is 4. The van der Waals surface area contributed by atoms with Crippen molar-refractivity contribution in [3.63, 3.8) is 0 Å². The minimum Gasteiger partial charge on any atom is -0.478 e. The Morgan fingerprint density at radius 1 is 1.26 bits per heavy atom. The van der Waals surface area contributed by atoms with Crippen LogP contribution in [0.4, 0.5) is 5.69 Å². The maximum absolute atomic E-state index is 11.4. The van der Waals surface area contributed by atoms with Crippen molar-refractivity contribution in [1.29, 1.82) is 0 Å². The van der Waals surface area contributed by atoms with Crippen molar-refractivity contribution in [2.45, 2.75) is 0 Å². The molecule has 1 aromatic carbocycles. The molecule has 0 heterocycles. The Hall–Kier alpha value is -2.27. The van der Waals surface area contributed by atoms with Gasteiger partial charge in [-0.3, -0.25) is 0 Å². The predicted molar refractivity (Wildman–Crippen MR) is 71.9 cm³/mol. The van der Waals surface area contributed by atoms with Crippen LogP contribution in [0.5, 0.6) is 0 Å². The molecule has 2 N–H and O–H groups in total. The second kappa shape index (κ2) is 7.23. The second-order valence-electron chi connectivity index (χ2n) is 3.41. The smallest absolute Gasteiger partial charge is 0.339 e. The van der Waals surface area contributed by atoms with Gasteiger partial charge in [0.1, 0.15) is 0 Å². The van der Waals surface area contributed by atoms with Crippen molar-refractivity contribution >= 4 is 29.2 Å². The van der Waals surface area contributed by atoms with Crippen LogP contribution < -0.4 is 5.32 Å². The number of carboxylic acid groups (broad SMARTS) is 1. The van der Waals surface area contributed by atoms with Gasteiger partial charge < -0.3 is 15.2 Å². The van der Waals surface area contributed by atoms with Crippen LogP contribution in [0.2, 0.25) is 5.02 Å². The fourth-order valence-electron chi connectivity index (χ4n) is 1.16. The van der Waals surface area contributed by atoms with Gasteiger partial charge in [-0.1, -0.05) is 11.6 Å². The van der Waals surface area contributed by atoms with Crippen LogP contribution in [0.3, 0.4) is 0 Å². The van der Waals surface area contributed by atoms with E-state index in [0.29, 0.717) is 10.7 Å². The largest absolute Gasteiger partial charge is 0.478 e. The zero-order valence-corrected chi connectivity index (χ0v) is 10.8. The summed E-state index contributed by atoms with van der Waals surface area (Å²) in [6.45, 7) is 0. The summed E-state index contributed by atoms with van der Waals surface area (Å²) in [4.78, 5) is 21.8. The van der Waals surface area contributed by atoms with E-state index in [0.717, 1.165) is 12.2 Å². The third kappa shape index (κ3) is 5.27. The first-order chi connectivity index (χ1) is 9.02. The van der Waals surface area contributed by atoms with Crippen LogP contribution in [0.25, 0.3) is 0 Å². The van der Waals surface area contributed by atoms with Crippen LogP contribution >= 0.6 is 11.6 Å². The number of carboxylic acids is 1. The van der Waals surface area contributed by atoms with Crippen LogP contribution in [0.15, 0.2) is 48.2 Å². The molecule has 0 saturated heterocycles. The van der Waals surface area contributed by atoms with E-state index in [1.54, 1.807) is 24.3 Å². The van der Waals surface area contributed by atoms with E-state index >= 15 is 0 Å². The highest BCUT2D eigenvalue weighted by Gasteiger charge is 2.06. The molecule has 0 spiro atoms. The van der Waals surface area contributed by atoms with Gasteiger partial charge in [-0.15, -0.1) is 0 Å². The van der Waals surface area contributed by atoms with Gasteiger partial charge in [0.25, 0.3) is 0 Å². The van der Waals surface area contributed by atoms with Crippen molar-refractivity contribution < 1.29 is 19.4 Å². The molecule has 1 rings (SSSR count). The molecule has 0 unspecified atom stereocenters. The van der Waals surface area contributed by atoms with E-state index in [4.69, 9.17) is 16.7 Å². The topological polar surface area (TPSA) is 75.6 Å². The number of hydrogen-bond donors (Lipinski definition) is 2. The van der Waals surface area contributed by atoms with Gasteiger partial charge in [-0.25, -0.2) is 9.59 Å². The van der Waals surface area contributed by atoms with E-state index in [1.807, 2.05) is 0 Å². The Balaban J connectivity index is 2.85. The zero-order valence-electron chi connectivity index (χ0n) is 10.1. The standard InChI is InChI=1S/C13H12ClNO4/c1-19-13(18)9(2-7-12(16)17)8-15-11-5-3-10(14)4-6-11/h2-8,15H,1H3,(H,16,17)/b7-2+,9-8-. The van der Waals surface area contributed by atoms with Crippen molar-refractivity contribution in [3.05, 3.63) is 53.2 Å². The Morgan fingerprint density at radius 3 is 2.42 bits per heavy atom. The van der Waals surface area contributed by atoms with Crippen LogP contribution in [-0.2, 0) is 14.3 Å². The number of methoxy groups -OCH3 is 1. The number of carbonyl (C=O) groups excluding carboxylic acids is 1. The Kier molecular flexibility index (Phi) is 5.63. The van der Waals surface area contributed by atoms with E-state index in [2.05, 4.69) is 10.1 Å². The molecule has 0 fully saturated rings. The summed E-state index contributed by atoms with van der Waals surface area (Å²) in [7, 11) is 1.22. The number of ether oxygens (including phenoxy) is 1. The van der Waals surface area contributed by atoms with Crippen LogP contribution in [0.1, 0.15) is 0 Å². The van der Waals surface area contributed by atoms with Gasteiger partial charge in [0.05, 0.1) is 12.7 Å². The first-order valence-corrected chi connectivity index (χ1v) is 5.62. The number of rotatable bonds is 5. The average Bonchev–Trinajstić information content (AvgIpc) is 2.39. The Morgan fingerprint density at radius 2 is 1.89 bits per heavy atom. The normalized spacial score (nSPS) is 11.4. The van der Waals surface area contributed by atoms with Gasteiger partial charge in [0.2, 0.25) is 0 Å². The molecule has 5 nitrogen and oxygen atoms in total. The summed E-state index contributed by atoms with van der Waals surface area (Å²) < 4.78 is 4.54. The Bertz CT molecular complexity index is 520. The molecule has 0 aliphatic rings. The summed E-state index contributed by atoms with van der Waals surface area (Å²) in [6, 6.07) is 6.80. The highest BCUT2D eigenvalue weighted by molar-refractivity contribution is 6.30. The number of halogens is 1. The quantitative estimate of drug-likeness (QED) is 0.492. The molecule has 100 valence electrons. The first kappa shape index (κ1) is 14.8. The molecule has 0 aliphatic carbocycles. The lowest BCUT2D eigenvalue weighted by Gasteiger charge is -2.03. The van der Waals surface area contributed by atoms with Crippen LogP contribution in [0, 0.1) is 0 Å². The van der Waals surface area contributed by atoms with Crippen molar-refractivity contribution in [1.82, 2.24) is 0 Å². The van der Waals surface area contributed by atoms with Gasteiger partial charge in [-0.2, -0.15) is 0 Å². The lowest BCUT2D eigenvalue weighted by molar-refractivity contribution is -0.135. The molecule has 1 aromatic rings. The second-order valence-corrected chi connectivity index (χ2v) is 3.85. The number of nitrogens with one attached hydrogen (secondary N) is 1. The molecule has 6 heteroatoms. The molecule has 0 aliphatic heterocycles. The number of esters is 1. The van der Waals surface area contributed by atoms with E-state index in [9.17, 15) is 9.59 Å². The average molecular weight is 282 g/mol. The molecular weight excluding hydrogens is 270 g/mol. The summed E-state index contributed by atoms with van der Waals surface area (Å²) in [5.41, 5.74) is 0.786. The summed E-state index contributed by atoms with van der Waals surface area (Å²) >= 11 is 5.74. The van der Waals surface area contributed by atoms with Gasteiger partial charge in [0, 0.05) is 23.0 Å². The van der Waals surface area contributed by atoms with Crippen molar-refractivity contribution in [3.8, 4) is 0 Å². The molecule has 0 amide bonds. The lowest BCUT2D eigenvalue weighted by Crippen LogP contribution is -2.05. The Labute approximate surface area is 115 Å². The first-order valence-electron chi connectivity index (χ1n) is 5.24. The van der Waals surface area contributed by atoms with Gasteiger partial charge in [-0.05, 0) is 30.3 Å². The molecule has 0 aromatic heterocycles. The number of anilines is 1. The third-order valence-electron chi connectivity index (χ3n) is 2.07. The number of carbonyl (C=O) groups is 2. The van der Waals surface area contributed by atoms with Crippen molar-refractivity contribution in [2.75, 3.05) is 12.4 Å². The summed E-state index contributed by atoms with van der Waals surface area (Å²) in [5.74, 6) is -1.79. The van der Waals surface area contributed by atoms with Crippen LogP contribution in [-0.4, -0.2) is 24.2 Å². The highest BCUT2D eigenvalue weighted by Crippen LogP contribution is 2.14. The molecule has 19 heavy (non-hydrogen) atoms. The highest BCUT2D eigenvalue weighted by atomic mass is 35.5. The SMILES string of the molecule is COC(=O)C(=C\Nc1ccc(Cl)cc1)/C=C/C(=O)O. The summed E-state index contributed by atoms with van der Waals surface area (Å²) in [6.07, 6.45) is 3.36. The number of aliphatic carboxylic acids is 1. The molecule has 0 atom stereocenters. The maximum atomic E-state index is 11.4. The zero-order chi connectivity index (χ0) is 14.3. The van der Waals surface area contributed by atoms with E-state index < -0.39 is 11.9 Å². The van der Waals surface area contributed by atoms with Gasteiger partial charge in [0.15, 0.2) is 0 Å². The minimum absolute atomic E-state index is 0.0832. The molecule has 0 bridgehead atoms. The lowest BCUT2D eigenvalue weighted by atomic mass is 10.2. The predicted octanol–water partition coefficient (Wildman–Crippen LogP) is 2.45. The van der Waals surface area contributed by atoms with Crippen molar-refractivity contribution in [2.24, 2.45) is 0 Å². The minimum atomic E-state index is -1.15. The van der Waals surface area contributed by atoms with Gasteiger partial charge >= 0.3 is 11.9 Å². The number of benzene rings is 1. The van der Waals surface area contributed by atoms with E-state index in [1.165, 1.54) is 13.3 Å². The fourth-order valence-corrected chi connectivity index (χ4v) is 1.29. The van der Waals surface area contributed by atoms with E-state index in [-0.39, 0.29) is 5.57 Å². The third-order valence-corrected chi connectivity index (χ3v) is 2.32. The maximum Gasteiger partial charge on any atom is 0.339 e. The molecular formula is C13H12ClNO4. The molecule has 0 radical (unpaired) electrons. The monoisotopic (exact) mass is 281 g/mol. The molecule has 0 saturated carbocycles. The summed E-state index contributed by atoms with van der Waals surface area (Å²) in [5, 5.41) is 12.0.